The Labute approximate surface area is 218 Å². The second kappa shape index (κ2) is 10.8. The van der Waals surface area contributed by atoms with E-state index in [4.69, 9.17) is 23.2 Å². The van der Waals surface area contributed by atoms with E-state index in [1.54, 1.807) is 47.0 Å². The van der Waals surface area contributed by atoms with Gasteiger partial charge < -0.3 is 0 Å². The molecule has 0 amide bonds. The summed E-state index contributed by atoms with van der Waals surface area (Å²) in [7, 11) is -3.80. The van der Waals surface area contributed by atoms with Crippen LogP contribution >= 0.6 is 50.9 Å². The molecule has 0 radical (unpaired) electrons. The van der Waals surface area contributed by atoms with Crippen LogP contribution < -0.4 is 4.72 Å². The second-order valence-corrected chi connectivity index (χ2v) is 11.5. The third-order valence-electron chi connectivity index (χ3n) is 4.67. The Balaban J connectivity index is 1.64. The fourth-order valence-corrected chi connectivity index (χ4v) is 5.53. The molecule has 0 fully saturated rings. The van der Waals surface area contributed by atoms with Crippen molar-refractivity contribution in [3.8, 4) is 5.69 Å². The van der Waals surface area contributed by atoms with Gasteiger partial charge in [-0.05, 0) is 60.2 Å². The highest BCUT2D eigenvalue weighted by Gasteiger charge is 2.20. The molecule has 0 spiro atoms. The van der Waals surface area contributed by atoms with Gasteiger partial charge in [-0.1, -0.05) is 63.0 Å². The molecule has 12 heteroatoms. The molecule has 34 heavy (non-hydrogen) atoms. The number of halogens is 4. The van der Waals surface area contributed by atoms with Gasteiger partial charge in [0.15, 0.2) is 11.0 Å². The van der Waals surface area contributed by atoms with E-state index in [1.165, 1.54) is 36.0 Å². The molecule has 1 N–H and O–H groups in total. The first-order valence-electron chi connectivity index (χ1n) is 9.75. The Bertz CT molecular complexity index is 1420. The van der Waals surface area contributed by atoms with Crippen molar-refractivity contribution < 1.29 is 12.8 Å². The maximum Gasteiger partial charge on any atom is 0.240 e. The van der Waals surface area contributed by atoms with Crippen molar-refractivity contribution in [2.45, 2.75) is 22.3 Å². The summed E-state index contributed by atoms with van der Waals surface area (Å²) in [6, 6.07) is 17.4. The van der Waals surface area contributed by atoms with Crippen molar-refractivity contribution in [1.29, 1.82) is 0 Å². The minimum atomic E-state index is -3.80. The Morgan fingerprint density at radius 1 is 1.00 bits per heavy atom. The smallest absolute Gasteiger partial charge is 0.240 e. The Hall–Kier alpha value is -1.95. The highest BCUT2D eigenvalue weighted by molar-refractivity contribution is 9.10. The summed E-state index contributed by atoms with van der Waals surface area (Å²) in [5.74, 6) is 0.496. The number of benzene rings is 3. The van der Waals surface area contributed by atoms with E-state index in [0.29, 0.717) is 32.5 Å². The monoisotopic (exact) mass is 600 g/mol. The molecule has 0 aliphatic rings. The average molecular weight is 602 g/mol. The second-order valence-electron chi connectivity index (χ2n) is 7.02. The van der Waals surface area contributed by atoms with Crippen LogP contribution in [0.25, 0.3) is 5.69 Å². The summed E-state index contributed by atoms with van der Waals surface area (Å²) < 4.78 is 43.7. The molecule has 4 rings (SSSR count). The van der Waals surface area contributed by atoms with Gasteiger partial charge in [0, 0.05) is 15.2 Å². The average Bonchev–Trinajstić information content (AvgIpc) is 3.22. The van der Waals surface area contributed by atoms with Gasteiger partial charge >= 0.3 is 0 Å². The van der Waals surface area contributed by atoms with E-state index in [-0.39, 0.29) is 17.3 Å². The van der Waals surface area contributed by atoms with Gasteiger partial charge in [-0.25, -0.2) is 17.5 Å². The first kappa shape index (κ1) is 25.2. The van der Waals surface area contributed by atoms with Crippen LogP contribution in [0, 0.1) is 5.82 Å². The Morgan fingerprint density at radius 2 is 1.71 bits per heavy atom. The largest absolute Gasteiger partial charge is 0.271 e. The summed E-state index contributed by atoms with van der Waals surface area (Å²) in [6.07, 6.45) is 0. The van der Waals surface area contributed by atoms with E-state index in [0.717, 1.165) is 10.0 Å². The quantitative estimate of drug-likeness (QED) is 0.242. The van der Waals surface area contributed by atoms with Gasteiger partial charge in [-0.2, -0.15) is 0 Å². The summed E-state index contributed by atoms with van der Waals surface area (Å²) in [6.45, 7) is -0.134. The van der Waals surface area contributed by atoms with Gasteiger partial charge in [-0.15, -0.1) is 10.2 Å². The van der Waals surface area contributed by atoms with Gasteiger partial charge in [0.2, 0.25) is 10.0 Å². The lowest BCUT2D eigenvalue weighted by molar-refractivity contribution is 0.578. The number of hydrogen-bond donors (Lipinski definition) is 1. The molecule has 0 saturated carbocycles. The predicted molar refractivity (Wildman–Crippen MR) is 136 cm³/mol. The topological polar surface area (TPSA) is 76.9 Å². The zero-order valence-electron chi connectivity index (χ0n) is 17.3. The highest BCUT2D eigenvalue weighted by Crippen LogP contribution is 2.31. The van der Waals surface area contributed by atoms with E-state index in [1.807, 2.05) is 0 Å². The van der Waals surface area contributed by atoms with Crippen molar-refractivity contribution in [3.05, 3.63) is 98.5 Å². The molecule has 0 aliphatic carbocycles. The van der Waals surface area contributed by atoms with Gasteiger partial charge in [-0.3, -0.25) is 4.57 Å². The standard InChI is InChI=1S/C22H16BrCl2FN4O2S2/c23-15-3-8-18(9-4-15)34(31,32)27-12-21-28-29-22(33-13-14-1-6-17(26)7-2-14)30(21)20-11-16(24)5-10-19(20)25/h1-11,27H,12-13H2. The van der Waals surface area contributed by atoms with Gasteiger partial charge in [0.1, 0.15) is 5.82 Å². The van der Waals surface area contributed by atoms with Crippen LogP contribution in [-0.4, -0.2) is 23.2 Å². The number of nitrogens with one attached hydrogen (secondary N) is 1. The zero-order chi connectivity index (χ0) is 24.3. The van der Waals surface area contributed by atoms with Crippen LogP contribution in [0.1, 0.15) is 11.4 Å². The molecular weight excluding hydrogens is 586 g/mol. The number of hydrogen-bond acceptors (Lipinski definition) is 5. The summed E-state index contributed by atoms with van der Waals surface area (Å²) in [5, 5.41) is 9.76. The SMILES string of the molecule is O=S(=O)(NCc1nnc(SCc2ccc(F)cc2)n1-c1cc(Cl)ccc1Cl)c1ccc(Br)cc1. The summed E-state index contributed by atoms with van der Waals surface area (Å²) in [5.41, 5.74) is 1.40. The van der Waals surface area contributed by atoms with Gasteiger partial charge in [0.05, 0.1) is 22.2 Å². The van der Waals surface area contributed by atoms with Crippen molar-refractivity contribution in [2.75, 3.05) is 0 Å². The predicted octanol–water partition coefficient (Wildman–Crippen LogP) is 6.25. The summed E-state index contributed by atoms with van der Waals surface area (Å²) >= 11 is 17.3. The maximum atomic E-state index is 13.2. The normalized spacial score (nSPS) is 11.6. The van der Waals surface area contributed by atoms with Crippen LogP contribution in [0.4, 0.5) is 4.39 Å². The number of aromatic nitrogens is 3. The minimum absolute atomic E-state index is 0.119. The zero-order valence-corrected chi connectivity index (χ0v) is 22.0. The number of thioether (sulfide) groups is 1. The molecular formula is C22H16BrCl2FN4O2S2. The molecule has 0 saturated heterocycles. The highest BCUT2D eigenvalue weighted by atomic mass is 79.9. The molecule has 1 aromatic heterocycles. The van der Waals surface area contributed by atoms with E-state index < -0.39 is 10.0 Å². The lowest BCUT2D eigenvalue weighted by Gasteiger charge is -2.13. The molecule has 3 aromatic carbocycles. The Kier molecular flexibility index (Phi) is 7.96. The van der Waals surface area contributed by atoms with Crippen LogP contribution in [0.2, 0.25) is 10.0 Å². The third kappa shape index (κ3) is 5.99. The van der Waals surface area contributed by atoms with Crippen molar-refractivity contribution in [2.24, 2.45) is 0 Å². The lowest BCUT2D eigenvalue weighted by Crippen LogP contribution is -2.25. The van der Waals surface area contributed by atoms with Crippen molar-refractivity contribution >= 4 is 60.9 Å². The number of nitrogens with zero attached hydrogens (tertiary/aromatic N) is 3. The minimum Gasteiger partial charge on any atom is -0.271 e. The fourth-order valence-electron chi connectivity index (χ4n) is 2.99. The Morgan fingerprint density at radius 3 is 2.41 bits per heavy atom. The first-order valence-corrected chi connectivity index (χ1v) is 13.8. The molecule has 6 nitrogen and oxygen atoms in total. The number of sulfonamides is 1. The number of rotatable bonds is 8. The van der Waals surface area contributed by atoms with Crippen LogP contribution in [-0.2, 0) is 22.3 Å². The summed E-state index contributed by atoms with van der Waals surface area (Å²) in [4.78, 5) is 0.119. The van der Waals surface area contributed by atoms with Crippen LogP contribution in [0.5, 0.6) is 0 Å². The lowest BCUT2D eigenvalue weighted by atomic mass is 10.2. The molecule has 0 aliphatic heterocycles. The van der Waals surface area contributed by atoms with E-state index >= 15 is 0 Å². The molecule has 4 aromatic rings. The molecule has 1 heterocycles. The van der Waals surface area contributed by atoms with Gasteiger partial charge in [0.25, 0.3) is 0 Å². The third-order valence-corrected chi connectivity index (χ3v) is 8.18. The van der Waals surface area contributed by atoms with Crippen LogP contribution in [0.15, 0.2) is 81.3 Å². The molecule has 176 valence electrons. The molecule has 0 atom stereocenters. The van der Waals surface area contributed by atoms with Crippen molar-refractivity contribution in [3.63, 3.8) is 0 Å². The first-order chi connectivity index (χ1) is 16.2. The van der Waals surface area contributed by atoms with E-state index in [2.05, 4.69) is 30.8 Å². The van der Waals surface area contributed by atoms with Crippen LogP contribution in [0.3, 0.4) is 0 Å². The maximum absolute atomic E-state index is 13.2. The molecule has 0 bridgehead atoms. The fraction of sp³-hybridized carbons (Fsp3) is 0.0909. The van der Waals surface area contributed by atoms with Crippen molar-refractivity contribution in [1.82, 2.24) is 19.5 Å². The van der Waals surface area contributed by atoms with E-state index in [9.17, 15) is 12.8 Å². The molecule has 0 unspecified atom stereocenters.